The van der Waals surface area contributed by atoms with Crippen LogP contribution in [0, 0.1) is 0 Å². The summed E-state index contributed by atoms with van der Waals surface area (Å²) in [5.41, 5.74) is -0.890. The van der Waals surface area contributed by atoms with E-state index in [0.29, 0.717) is 0 Å². The SMILES string of the molecule is CNC(CCCC(F)(F)F)c1ccc(Br)cc1C(F)(F)F. The molecule has 1 atom stereocenters. The molecule has 1 aromatic rings. The van der Waals surface area contributed by atoms with Gasteiger partial charge in [-0.25, -0.2) is 0 Å². The number of benzene rings is 1. The van der Waals surface area contributed by atoms with E-state index in [9.17, 15) is 26.3 Å². The lowest BCUT2D eigenvalue weighted by Gasteiger charge is -2.22. The van der Waals surface area contributed by atoms with Gasteiger partial charge in [-0.1, -0.05) is 22.0 Å². The monoisotopic (exact) mass is 377 g/mol. The van der Waals surface area contributed by atoms with Crippen LogP contribution in [0.25, 0.3) is 0 Å². The Labute approximate surface area is 126 Å². The molecule has 0 aliphatic carbocycles. The second-order valence-electron chi connectivity index (χ2n) is 4.58. The van der Waals surface area contributed by atoms with Crippen LogP contribution in [0.4, 0.5) is 26.3 Å². The van der Waals surface area contributed by atoms with Gasteiger partial charge >= 0.3 is 12.4 Å². The fourth-order valence-corrected chi connectivity index (χ4v) is 2.40. The molecule has 0 aromatic heterocycles. The van der Waals surface area contributed by atoms with Crippen molar-refractivity contribution >= 4 is 15.9 Å². The molecule has 8 heteroatoms. The number of hydrogen-bond donors (Lipinski definition) is 1. The van der Waals surface area contributed by atoms with Crippen LogP contribution >= 0.6 is 15.9 Å². The van der Waals surface area contributed by atoms with Crippen molar-refractivity contribution in [2.75, 3.05) is 7.05 Å². The lowest BCUT2D eigenvalue weighted by molar-refractivity contribution is -0.139. The summed E-state index contributed by atoms with van der Waals surface area (Å²) in [5.74, 6) is 0. The van der Waals surface area contributed by atoms with Crippen LogP contribution < -0.4 is 5.32 Å². The summed E-state index contributed by atoms with van der Waals surface area (Å²) >= 11 is 2.97. The lowest BCUT2D eigenvalue weighted by atomic mass is 9.96. The van der Waals surface area contributed by atoms with Gasteiger partial charge in [-0.15, -0.1) is 0 Å². The van der Waals surface area contributed by atoms with Crippen LogP contribution in [0.5, 0.6) is 0 Å². The maximum Gasteiger partial charge on any atom is 0.416 e. The van der Waals surface area contributed by atoms with Crippen LogP contribution in [0.3, 0.4) is 0 Å². The summed E-state index contributed by atoms with van der Waals surface area (Å²) in [5, 5.41) is 2.65. The molecule has 0 fully saturated rings. The zero-order valence-electron chi connectivity index (χ0n) is 11.1. The second kappa shape index (κ2) is 7.00. The smallest absolute Gasteiger partial charge is 0.313 e. The summed E-state index contributed by atoms with van der Waals surface area (Å²) in [6, 6.07) is 2.88. The van der Waals surface area contributed by atoms with Crippen molar-refractivity contribution in [3.63, 3.8) is 0 Å². The van der Waals surface area contributed by atoms with E-state index in [1.807, 2.05) is 0 Å². The molecule has 1 unspecified atom stereocenters. The molecule has 1 nitrogen and oxygen atoms in total. The van der Waals surface area contributed by atoms with Gasteiger partial charge in [-0.2, -0.15) is 26.3 Å². The zero-order chi connectivity index (χ0) is 16.3. The van der Waals surface area contributed by atoms with Gasteiger partial charge in [0.25, 0.3) is 0 Å². The molecule has 120 valence electrons. The van der Waals surface area contributed by atoms with Gasteiger partial charge in [0.05, 0.1) is 5.56 Å². The Morgan fingerprint density at radius 2 is 1.76 bits per heavy atom. The molecule has 1 aromatic carbocycles. The Balaban J connectivity index is 2.95. The molecule has 1 rings (SSSR count). The molecule has 0 amide bonds. The molecule has 0 aliphatic rings. The number of halogens is 7. The molecule has 0 heterocycles. The molecule has 0 saturated heterocycles. The first-order valence-corrected chi connectivity index (χ1v) is 6.94. The van der Waals surface area contributed by atoms with Gasteiger partial charge in [0, 0.05) is 16.9 Å². The number of nitrogens with one attached hydrogen (secondary N) is 1. The van der Waals surface area contributed by atoms with E-state index in [4.69, 9.17) is 0 Å². The van der Waals surface area contributed by atoms with Crippen molar-refractivity contribution in [3.8, 4) is 0 Å². The largest absolute Gasteiger partial charge is 0.416 e. The highest BCUT2D eigenvalue weighted by Crippen LogP contribution is 2.37. The van der Waals surface area contributed by atoms with Crippen LogP contribution in [0.2, 0.25) is 0 Å². The molecule has 0 aliphatic heterocycles. The average molecular weight is 378 g/mol. The van der Waals surface area contributed by atoms with Gasteiger partial charge in [0.15, 0.2) is 0 Å². The van der Waals surface area contributed by atoms with Crippen molar-refractivity contribution in [3.05, 3.63) is 33.8 Å². The van der Waals surface area contributed by atoms with E-state index in [-0.39, 0.29) is 22.9 Å². The molecule has 0 bridgehead atoms. The molecular formula is C13H14BrF6N. The Bertz CT molecular complexity index is 469. The molecule has 1 N–H and O–H groups in total. The third-order valence-electron chi connectivity index (χ3n) is 3.00. The predicted octanol–water partition coefficient (Wildman–Crippen LogP) is 5.46. The highest BCUT2D eigenvalue weighted by Gasteiger charge is 2.35. The molecular weight excluding hydrogens is 364 g/mol. The minimum atomic E-state index is -4.56. The Morgan fingerprint density at radius 3 is 2.24 bits per heavy atom. The first-order chi connectivity index (χ1) is 9.54. The van der Waals surface area contributed by atoms with Gasteiger partial charge in [-0.05, 0) is 37.6 Å². The lowest BCUT2D eigenvalue weighted by Crippen LogP contribution is -2.21. The summed E-state index contributed by atoms with van der Waals surface area (Å²) < 4.78 is 75.7. The number of hydrogen-bond acceptors (Lipinski definition) is 1. The van der Waals surface area contributed by atoms with Gasteiger partial charge in [0.1, 0.15) is 0 Å². The van der Waals surface area contributed by atoms with E-state index >= 15 is 0 Å². The molecule has 0 saturated carbocycles. The standard InChI is InChI=1S/C13H14BrF6N/c1-21-11(3-2-6-12(15,16)17)9-5-4-8(14)7-10(9)13(18,19)20/h4-5,7,11,21H,2-3,6H2,1H3. The number of rotatable bonds is 5. The summed E-state index contributed by atoms with van der Waals surface area (Å²) in [4.78, 5) is 0. The summed E-state index contributed by atoms with van der Waals surface area (Å²) in [7, 11) is 1.43. The van der Waals surface area contributed by atoms with E-state index in [0.717, 1.165) is 6.07 Å². The van der Waals surface area contributed by atoms with Crippen LogP contribution in [0.15, 0.2) is 22.7 Å². The number of alkyl halides is 6. The first kappa shape index (κ1) is 18.3. The van der Waals surface area contributed by atoms with Gasteiger partial charge in [-0.3, -0.25) is 0 Å². The Kier molecular flexibility index (Phi) is 6.10. The highest BCUT2D eigenvalue weighted by molar-refractivity contribution is 9.10. The van der Waals surface area contributed by atoms with E-state index in [1.165, 1.54) is 19.2 Å². The van der Waals surface area contributed by atoms with E-state index < -0.39 is 30.4 Å². The molecule has 21 heavy (non-hydrogen) atoms. The quantitative estimate of drug-likeness (QED) is 0.671. The third kappa shape index (κ3) is 5.86. The fraction of sp³-hybridized carbons (Fsp3) is 0.538. The maximum atomic E-state index is 13.0. The Hall–Kier alpha value is -0.760. The Morgan fingerprint density at radius 1 is 1.14 bits per heavy atom. The first-order valence-electron chi connectivity index (χ1n) is 6.15. The summed E-state index contributed by atoms with van der Waals surface area (Å²) in [6.07, 6.45) is -10.1. The highest BCUT2D eigenvalue weighted by atomic mass is 79.9. The maximum absolute atomic E-state index is 13.0. The second-order valence-corrected chi connectivity index (χ2v) is 5.49. The third-order valence-corrected chi connectivity index (χ3v) is 3.49. The van der Waals surface area contributed by atoms with Gasteiger partial charge in [0.2, 0.25) is 0 Å². The topological polar surface area (TPSA) is 12.0 Å². The van der Waals surface area contributed by atoms with Crippen molar-refractivity contribution in [2.45, 2.75) is 37.7 Å². The minimum Gasteiger partial charge on any atom is -0.313 e. The zero-order valence-corrected chi connectivity index (χ0v) is 12.7. The molecule has 0 spiro atoms. The van der Waals surface area contributed by atoms with Gasteiger partial charge < -0.3 is 5.32 Å². The van der Waals surface area contributed by atoms with Crippen LogP contribution in [-0.2, 0) is 6.18 Å². The fourth-order valence-electron chi connectivity index (χ4n) is 2.04. The van der Waals surface area contributed by atoms with Crippen molar-refractivity contribution in [1.29, 1.82) is 0 Å². The van der Waals surface area contributed by atoms with Crippen molar-refractivity contribution in [2.24, 2.45) is 0 Å². The van der Waals surface area contributed by atoms with Crippen molar-refractivity contribution < 1.29 is 26.3 Å². The van der Waals surface area contributed by atoms with Crippen molar-refractivity contribution in [1.82, 2.24) is 5.32 Å². The molecule has 0 radical (unpaired) electrons. The van der Waals surface area contributed by atoms with Crippen LogP contribution in [0.1, 0.15) is 36.4 Å². The average Bonchev–Trinajstić information content (AvgIpc) is 2.33. The summed E-state index contributed by atoms with van der Waals surface area (Å²) in [6.45, 7) is 0. The predicted molar refractivity (Wildman–Crippen MR) is 70.9 cm³/mol. The van der Waals surface area contributed by atoms with E-state index in [1.54, 1.807) is 0 Å². The normalized spacial score (nSPS) is 14.3. The minimum absolute atomic E-state index is 0.0271. The van der Waals surface area contributed by atoms with Crippen LogP contribution in [-0.4, -0.2) is 13.2 Å². The van der Waals surface area contributed by atoms with E-state index in [2.05, 4.69) is 21.2 Å².